The summed E-state index contributed by atoms with van der Waals surface area (Å²) < 4.78 is 27.4. The maximum atomic E-state index is 15.4. The molecule has 0 spiro atoms. The monoisotopic (exact) mass is 498 g/mol. The number of rotatable bonds is 8. The number of benzene rings is 2. The smallest absolute Gasteiger partial charge is 0.156 e. The molecule has 5 rings (SSSR count). The van der Waals surface area contributed by atoms with Gasteiger partial charge in [-0.1, -0.05) is 6.08 Å². The number of hydrogen-bond acceptors (Lipinski definition) is 8. The Morgan fingerprint density at radius 2 is 2.08 bits per heavy atom. The van der Waals surface area contributed by atoms with Gasteiger partial charge in [0.15, 0.2) is 5.82 Å². The summed E-state index contributed by atoms with van der Waals surface area (Å²) in [6.07, 6.45) is 9.97. The average molecular weight is 499 g/mol. The number of anilines is 2. The molecule has 1 saturated heterocycles. The molecule has 1 fully saturated rings. The van der Waals surface area contributed by atoms with E-state index in [1.54, 1.807) is 43.7 Å². The molecule has 8 nitrogen and oxygen atoms in total. The molecule has 2 aromatic carbocycles. The lowest BCUT2D eigenvalue weighted by atomic mass is 9.99. The molecule has 1 atom stereocenters. The van der Waals surface area contributed by atoms with Crippen molar-refractivity contribution in [3.05, 3.63) is 78.7 Å². The molecule has 1 aliphatic rings. The molecule has 188 valence electrons. The predicted octanol–water partition coefficient (Wildman–Crippen LogP) is 5.03. The molecule has 0 radical (unpaired) electrons. The summed E-state index contributed by atoms with van der Waals surface area (Å²) in [6.45, 7) is 3.17. The summed E-state index contributed by atoms with van der Waals surface area (Å²) in [4.78, 5) is 17.3. The molecule has 0 amide bonds. The standard InChI is InChI=1S/C28H27FN6O2/c1-3-5-24(19-14-36-15-19)37-25-11-17(18(12-30)13-31-2)10-23-26(25)28(34-16-33-23)35-22-8-7-21-20(27(22)29)6-4-9-32-21/h3-13,16,19,24H,14-15,30H2,1-2H3,(H,33,34,35)/b5-3+,18-12?,31-13?. The fourth-order valence-corrected chi connectivity index (χ4v) is 4.27. The van der Waals surface area contributed by atoms with Crippen molar-refractivity contribution in [2.75, 3.05) is 25.6 Å². The highest BCUT2D eigenvalue weighted by Crippen LogP contribution is 2.37. The van der Waals surface area contributed by atoms with Crippen LogP contribution in [0.3, 0.4) is 0 Å². The maximum Gasteiger partial charge on any atom is 0.156 e. The second kappa shape index (κ2) is 10.7. The van der Waals surface area contributed by atoms with Gasteiger partial charge < -0.3 is 20.5 Å². The summed E-state index contributed by atoms with van der Waals surface area (Å²) in [7, 11) is 1.68. The van der Waals surface area contributed by atoms with E-state index in [-0.39, 0.29) is 17.7 Å². The first kappa shape index (κ1) is 24.3. The SMILES string of the molecule is C/C=C/C(Oc1cc(C(C=NC)=CN)cc2ncnc(Nc3ccc4ncccc4c3F)c12)C1COC1. The molecule has 1 aliphatic heterocycles. The Morgan fingerprint density at radius 3 is 2.81 bits per heavy atom. The molecule has 0 aliphatic carbocycles. The van der Waals surface area contributed by atoms with Gasteiger partial charge in [-0.2, -0.15) is 0 Å². The summed E-state index contributed by atoms with van der Waals surface area (Å²) in [6, 6.07) is 10.6. The Bertz CT molecular complexity index is 1530. The zero-order chi connectivity index (χ0) is 25.8. The van der Waals surface area contributed by atoms with E-state index in [0.29, 0.717) is 52.2 Å². The first-order chi connectivity index (χ1) is 18.1. The number of halogens is 1. The van der Waals surface area contributed by atoms with Crippen LogP contribution < -0.4 is 15.8 Å². The molecule has 3 N–H and O–H groups in total. The van der Waals surface area contributed by atoms with Gasteiger partial charge in [0.1, 0.15) is 24.0 Å². The van der Waals surface area contributed by atoms with Crippen molar-refractivity contribution < 1.29 is 13.9 Å². The maximum absolute atomic E-state index is 15.4. The van der Waals surface area contributed by atoms with E-state index < -0.39 is 5.82 Å². The number of aromatic nitrogens is 3. The van der Waals surface area contributed by atoms with Gasteiger partial charge in [0.05, 0.1) is 35.3 Å². The van der Waals surface area contributed by atoms with Gasteiger partial charge in [-0.15, -0.1) is 0 Å². The van der Waals surface area contributed by atoms with Gasteiger partial charge in [0.2, 0.25) is 0 Å². The number of hydrogen-bond donors (Lipinski definition) is 2. The van der Waals surface area contributed by atoms with Gasteiger partial charge in [-0.25, -0.2) is 14.4 Å². The van der Waals surface area contributed by atoms with E-state index in [9.17, 15) is 0 Å². The summed E-state index contributed by atoms with van der Waals surface area (Å²) in [5.74, 6) is 0.753. The first-order valence-electron chi connectivity index (χ1n) is 11.9. The normalized spacial score (nSPS) is 15.5. The lowest BCUT2D eigenvalue weighted by molar-refractivity contribution is -0.0698. The molecule has 4 aromatic rings. The van der Waals surface area contributed by atoms with E-state index in [4.69, 9.17) is 15.2 Å². The van der Waals surface area contributed by atoms with Crippen LogP contribution in [0.15, 0.2) is 72.3 Å². The first-order valence-corrected chi connectivity index (χ1v) is 11.9. The Balaban J connectivity index is 1.65. The fraction of sp³-hybridized carbons (Fsp3) is 0.214. The predicted molar refractivity (Wildman–Crippen MR) is 145 cm³/mol. The molecule has 9 heteroatoms. The fourth-order valence-electron chi connectivity index (χ4n) is 4.27. The largest absolute Gasteiger partial charge is 0.485 e. The van der Waals surface area contributed by atoms with E-state index in [2.05, 4.69) is 25.3 Å². The van der Waals surface area contributed by atoms with Gasteiger partial charge in [-0.3, -0.25) is 9.98 Å². The molecule has 0 bridgehead atoms. The molecular formula is C28H27FN6O2. The van der Waals surface area contributed by atoms with Crippen LogP contribution in [-0.2, 0) is 4.74 Å². The zero-order valence-corrected chi connectivity index (χ0v) is 20.6. The number of nitrogens with one attached hydrogen (secondary N) is 1. The van der Waals surface area contributed by atoms with Crippen LogP contribution >= 0.6 is 0 Å². The number of aliphatic imine (C=N–C) groups is 1. The Hall–Kier alpha value is -4.37. The number of nitrogens with two attached hydrogens (primary N) is 1. The van der Waals surface area contributed by atoms with Crippen molar-refractivity contribution in [2.45, 2.75) is 13.0 Å². The van der Waals surface area contributed by atoms with Crippen LogP contribution in [0.4, 0.5) is 15.9 Å². The molecule has 0 saturated carbocycles. The number of ether oxygens (including phenoxy) is 2. The molecule has 3 heterocycles. The lowest BCUT2D eigenvalue weighted by Crippen LogP contribution is -2.40. The molecule has 1 unspecified atom stereocenters. The second-order valence-corrected chi connectivity index (χ2v) is 8.63. The quantitative estimate of drug-likeness (QED) is 0.259. The third-order valence-electron chi connectivity index (χ3n) is 6.23. The summed E-state index contributed by atoms with van der Waals surface area (Å²) in [5, 5.41) is 4.19. The van der Waals surface area contributed by atoms with Crippen LogP contribution in [0.25, 0.3) is 27.4 Å². The number of allylic oxidation sites excluding steroid dienone is 2. The molecular weight excluding hydrogens is 471 g/mol. The van der Waals surface area contributed by atoms with Crippen LogP contribution in [0.5, 0.6) is 5.75 Å². The highest BCUT2D eigenvalue weighted by molar-refractivity contribution is 6.11. The lowest BCUT2D eigenvalue weighted by Gasteiger charge is -2.32. The Kier molecular flexibility index (Phi) is 7.04. The van der Waals surface area contributed by atoms with Crippen molar-refractivity contribution in [1.29, 1.82) is 0 Å². The van der Waals surface area contributed by atoms with Crippen LogP contribution in [0.2, 0.25) is 0 Å². The van der Waals surface area contributed by atoms with Gasteiger partial charge in [0.25, 0.3) is 0 Å². The highest BCUT2D eigenvalue weighted by Gasteiger charge is 2.29. The minimum absolute atomic E-state index is 0.211. The Morgan fingerprint density at radius 1 is 1.22 bits per heavy atom. The minimum atomic E-state index is -0.414. The number of fused-ring (bicyclic) bond motifs is 2. The number of nitrogens with zero attached hydrogens (tertiary/aromatic N) is 4. The van der Waals surface area contributed by atoms with Gasteiger partial charge in [0, 0.05) is 42.5 Å². The topological polar surface area (TPSA) is 108 Å². The Labute approximate surface area is 213 Å². The van der Waals surface area contributed by atoms with Crippen LogP contribution in [0, 0.1) is 11.7 Å². The third-order valence-corrected chi connectivity index (χ3v) is 6.23. The molecule has 2 aromatic heterocycles. The second-order valence-electron chi connectivity index (χ2n) is 8.63. The highest BCUT2D eigenvalue weighted by atomic mass is 19.1. The summed E-state index contributed by atoms with van der Waals surface area (Å²) in [5.41, 5.74) is 8.85. The minimum Gasteiger partial charge on any atom is -0.485 e. The van der Waals surface area contributed by atoms with Crippen molar-refractivity contribution in [1.82, 2.24) is 15.0 Å². The average Bonchev–Trinajstić information content (AvgIpc) is 2.88. The van der Waals surface area contributed by atoms with Crippen molar-refractivity contribution in [3.8, 4) is 5.75 Å². The van der Waals surface area contributed by atoms with Gasteiger partial charge in [-0.05, 0) is 55.0 Å². The van der Waals surface area contributed by atoms with Crippen molar-refractivity contribution in [3.63, 3.8) is 0 Å². The van der Waals surface area contributed by atoms with Crippen LogP contribution in [0.1, 0.15) is 12.5 Å². The summed E-state index contributed by atoms with van der Waals surface area (Å²) >= 11 is 0. The van der Waals surface area contributed by atoms with Crippen molar-refractivity contribution >= 4 is 45.1 Å². The van der Waals surface area contributed by atoms with E-state index >= 15 is 4.39 Å². The van der Waals surface area contributed by atoms with Crippen molar-refractivity contribution in [2.24, 2.45) is 16.6 Å². The molecule has 37 heavy (non-hydrogen) atoms. The third kappa shape index (κ3) is 4.85. The van der Waals surface area contributed by atoms with E-state index in [1.807, 2.05) is 31.2 Å². The number of pyridine rings is 1. The van der Waals surface area contributed by atoms with E-state index in [1.165, 1.54) is 12.5 Å². The zero-order valence-electron chi connectivity index (χ0n) is 20.6. The van der Waals surface area contributed by atoms with Crippen LogP contribution in [-0.4, -0.2) is 47.5 Å². The van der Waals surface area contributed by atoms with Gasteiger partial charge >= 0.3 is 0 Å². The van der Waals surface area contributed by atoms with E-state index in [0.717, 1.165) is 5.56 Å².